The molecule has 6 nitrogen and oxygen atoms in total. The fourth-order valence-electron chi connectivity index (χ4n) is 4.40. The number of hydrogen-bond donors (Lipinski definition) is 1. The first-order valence-corrected chi connectivity index (χ1v) is 10.3. The number of quaternary nitrogens is 1. The molecular formula is C23H28N3O3+. The molecule has 2 saturated heterocycles. The molecule has 0 bridgehead atoms. The van der Waals surface area contributed by atoms with Crippen LogP contribution < -0.4 is 14.5 Å². The van der Waals surface area contributed by atoms with Crippen molar-refractivity contribution in [2.45, 2.75) is 18.9 Å². The molecule has 1 atom stereocenters. The van der Waals surface area contributed by atoms with Gasteiger partial charge in [0.05, 0.1) is 45.4 Å². The Morgan fingerprint density at radius 1 is 1.00 bits per heavy atom. The van der Waals surface area contributed by atoms with Crippen LogP contribution >= 0.6 is 0 Å². The van der Waals surface area contributed by atoms with Gasteiger partial charge in [-0.2, -0.15) is 0 Å². The monoisotopic (exact) mass is 394 g/mol. The van der Waals surface area contributed by atoms with Crippen molar-refractivity contribution >= 4 is 17.5 Å². The van der Waals surface area contributed by atoms with Crippen molar-refractivity contribution < 1.29 is 19.2 Å². The van der Waals surface area contributed by atoms with Crippen LogP contribution in [-0.4, -0.2) is 62.6 Å². The van der Waals surface area contributed by atoms with Gasteiger partial charge in [-0.3, -0.25) is 14.5 Å². The first-order valence-electron chi connectivity index (χ1n) is 10.3. The van der Waals surface area contributed by atoms with E-state index in [1.54, 1.807) is 7.11 Å². The van der Waals surface area contributed by atoms with E-state index in [1.165, 1.54) is 9.80 Å². The summed E-state index contributed by atoms with van der Waals surface area (Å²) in [4.78, 5) is 30.4. The molecule has 2 aliphatic rings. The number of para-hydroxylation sites is 2. The molecular weight excluding hydrogens is 366 g/mol. The first-order chi connectivity index (χ1) is 14.2. The molecule has 2 heterocycles. The molecule has 0 aliphatic carbocycles. The van der Waals surface area contributed by atoms with Gasteiger partial charge >= 0.3 is 0 Å². The Balaban J connectivity index is 1.35. The van der Waals surface area contributed by atoms with E-state index in [-0.39, 0.29) is 17.9 Å². The van der Waals surface area contributed by atoms with E-state index in [1.807, 2.05) is 48.5 Å². The van der Waals surface area contributed by atoms with Crippen molar-refractivity contribution in [3.05, 3.63) is 60.2 Å². The predicted octanol–water partition coefficient (Wildman–Crippen LogP) is 0.770. The molecule has 2 aliphatic heterocycles. The third kappa shape index (κ3) is 4.12. The van der Waals surface area contributed by atoms with Crippen LogP contribution in [0, 0.1) is 0 Å². The SMILES string of the molecule is COc1ccccc1N1CC[NH+]([C@@H]2CC(=O)N(CCc3ccccc3)C2=O)CC1. The fourth-order valence-corrected chi connectivity index (χ4v) is 4.40. The number of carbonyl (C=O) groups excluding carboxylic acids is 2. The maximum absolute atomic E-state index is 12.9. The minimum absolute atomic E-state index is 0.00771. The number of anilines is 1. The molecule has 0 radical (unpaired) electrons. The highest BCUT2D eigenvalue weighted by Crippen LogP contribution is 2.27. The molecule has 4 rings (SSSR count). The predicted molar refractivity (Wildman–Crippen MR) is 111 cm³/mol. The van der Waals surface area contributed by atoms with Crippen molar-refractivity contribution in [2.75, 3.05) is 44.7 Å². The average molecular weight is 394 g/mol. The summed E-state index contributed by atoms with van der Waals surface area (Å²) in [5.41, 5.74) is 2.24. The number of nitrogens with one attached hydrogen (secondary N) is 1. The second-order valence-electron chi connectivity index (χ2n) is 7.69. The molecule has 2 fully saturated rings. The Morgan fingerprint density at radius 2 is 1.69 bits per heavy atom. The van der Waals surface area contributed by atoms with Gasteiger partial charge < -0.3 is 14.5 Å². The lowest BCUT2D eigenvalue weighted by Gasteiger charge is -2.36. The summed E-state index contributed by atoms with van der Waals surface area (Å²) in [7, 11) is 1.69. The number of methoxy groups -OCH3 is 1. The van der Waals surface area contributed by atoms with Crippen LogP contribution in [0.2, 0.25) is 0 Å². The van der Waals surface area contributed by atoms with Gasteiger partial charge in [0.1, 0.15) is 5.75 Å². The number of nitrogens with zero attached hydrogens (tertiary/aromatic N) is 2. The Labute approximate surface area is 171 Å². The van der Waals surface area contributed by atoms with Crippen molar-refractivity contribution in [2.24, 2.45) is 0 Å². The van der Waals surface area contributed by atoms with E-state index < -0.39 is 0 Å². The maximum atomic E-state index is 12.9. The van der Waals surface area contributed by atoms with E-state index in [4.69, 9.17) is 4.74 Å². The fraction of sp³-hybridized carbons (Fsp3) is 0.391. The molecule has 2 amide bonds. The van der Waals surface area contributed by atoms with E-state index in [0.717, 1.165) is 43.2 Å². The summed E-state index contributed by atoms with van der Waals surface area (Å²) in [6, 6.07) is 17.8. The number of rotatable bonds is 6. The van der Waals surface area contributed by atoms with Gasteiger partial charge in [-0.05, 0) is 24.1 Å². The minimum atomic E-state index is -0.238. The second kappa shape index (κ2) is 8.66. The Bertz CT molecular complexity index is 863. The number of ether oxygens (including phenoxy) is 1. The largest absolute Gasteiger partial charge is 0.495 e. The van der Waals surface area contributed by atoms with E-state index in [0.29, 0.717) is 19.4 Å². The van der Waals surface area contributed by atoms with Gasteiger partial charge in [0.25, 0.3) is 5.91 Å². The quantitative estimate of drug-likeness (QED) is 0.736. The molecule has 0 spiro atoms. The van der Waals surface area contributed by atoms with Gasteiger partial charge in [-0.25, -0.2) is 0 Å². The number of imide groups is 1. The van der Waals surface area contributed by atoms with Gasteiger partial charge in [0.15, 0.2) is 6.04 Å². The van der Waals surface area contributed by atoms with Crippen LogP contribution in [0.4, 0.5) is 5.69 Å². The van der Waals surface area contributed by atoms with Crippen molar-refractivity contribution in [1.82, 2.24) is 4.90 Å². The van der Waals surface area contributed by atoms with E-state index in [2.05, 4.69) is 11.0 Å². The minimum Gasteiger partial charge on any atom is -0.495 e. The molecule has 6 heteroatoms. The van der Waals surface area contributed by atoms with E-state index >= 15 is 0 Å². The van der Waals surface area contributed by atoms with Gasteiger partial charge in [-0.1, -0.05) is 42.5 Å². The number of amides is 2. The summed E-state index contributed by atoms with van der Waals surface area (Å²) in [6.45, 7) is 3.84. The summed E-state index contributed by atoms with van der Waals surface area (Å²) >= 11 is 0. The molecule has 29 heavy (non-hydrogen) atoms. The lowest BCUT2D eigenvalue weighted by molar-refractivity contribution is -0.915. The number of piperazine rings is 1. The van der Waals surface area contributed by atoms with Crippen LogP contribution in [0.5, 0.6) is 5.75 Å². The van der Waals surface area contributed by atoms with Crippen LogP contribution in [0.25, 0.3) is 0 Å². The molecule has 0 saturated carbocycles. The summed E-state index contributed by atoms with van der Waals surface area (Å²) < 4.78 is 5.48. The highest BCUT2D eigenvalue weighted by molar-refractivity contribution is 6.04. The Kier molecular flexibility index (Phi) is 5.81. The van der Waals surface area contributed by atoms with Crippen LogP contribution in [0.15, 0.2) is 54.6 Å². The zero-order valence-corrected chi connectivity index (χ0v) is 16.8. The molecule has 152 valence electrons. The first kappa shape index (κ1) is 19.5. The third-order valence-corrected chi connectivity index (χ3v) is 6.04. The Hall–Kier alpha value is -2.86. The average Bonchev–Trinajstić information content (AvgIpc) is 3.06. The standard InChI is InChI=1S/C23H27N3O3/c1-29-21-10-6-5-9-19(21)24-13-15-25(16-14-24)20-17-22(27)26(23(20)28)12-11-18-7-3-2-4-8-18/h2-10,20H,11-17H2,1H3/p+1/t20-/m1/s1. The van der Waals surface area contributed by atoms with Crippen molar-refractivity contribution in [1.29, 1.82) is 0 Å². The zero-order valence-electron chi connectivity index (χ0n) is 16.8. The van der Waals surface area contributed by atoms with Gasteiger partial charge in [0, 0.05) is 6.54 Å². The molecule has 2 aromatic carbocycles. The smallest absolute Gasteiger partial charge is 0.288 e. The Morgan fingerprint density at radius 3 is 2.41 bits per heavy atom. The lowest BCUT2D eigenvalue weighted by atomic mass is 10.1. The second-order valence-corrected chi connectivity index (χ2v) is 7.69. The third-order valence-electron chi connectivity index (χ3n) is 6.04. The van der Waals surface area contributed by atoms with Gasteiger partial charge in [0.2, 0.25) is 5.91 Å². The highest BCUT2D eigenvalue weighted by Gasteiger charge is 2.45. The van der Waals surface area contributed by atoms with E-state index in [9.17, 15) is 9.59 Å². The summed E-state index contributed by atoms with van der Waals surface area (Å²) in [6.07, 6.45) is 1.04. The normalized spacial score (nSPS) is 20.4. The number of carbonyl (C=O) groups is 2. The number of benzene rings is 2. The molecule has 1 N–H and O–H groups in total. The molecule has 2 aromatic rings. The van der Waals surface area contributed by atoms with Crippen molar-refractivity contribution in [3.63, 3.8) is 0 Å². The maximum Gasteiger partial charge on any atom is 0.288 e. The molecule has 0 unspecified atom stereocenters. The van der Waals surface area contributed by atoms with Crippen molar-refractivity contribution in [3.8, 4) is 5.75 Å². The molecule has 0 aromatic heterocycles. The number of hydrogen-bond acceptors (Lipinski definition) is 4. The highest BCUT2D eigenvalue weighted by atomic mass is 16.5. The van der Waals surface area contributed by atoms with Crippen LogP contribution in [0.1, 0.15) is 12.0 Å². The van der Waals surface area contributed by atoms with Gasteiger partial charge in [-0.15, -0.1) is 0 Å². The van der Waals surface area contributed by atoms with Crippen LogP contribution in [-0.2, 0) is 16.0 Å². The van der Waals surface area contributed by atoms with Crippen LogP contribution in [0.3, 0.4) is 0 Å². The lowest BCUT2D eigenvalue weighted by Crippen LogP contribution is -3.19. The summed E-state index contributed by atoms with van der Waals surface area (Å²) in [5, 5.41) is 0. The zero-order chi connectivity index (χ0) is 20.2. The topological polar surface area (TPSA) is 54.3 Å². The number of likely N-dealkylation sites (tertiary alicyclic amines) is 1. The summed E-state index contributed by atoms with van der Waals surface area (Å²) in [5.74, 6) is 0.831.